The van der Waals surface area contributed by atoms with Gasteiger partial charge in [-0.25, -0.2) is 0 Å². The van der Waals surface area contributed by atoms with Gasteiger partial charge in [-0.1, -0.05) is 29.3 Å². The van der Waals surface area contributed by atoms with E-state index in [0.29, 0.717) is 0 Å². The number of hydrogen-bond acceptors (Lipinski definition) is 2. The fourth-order valence-corrected chi connectivity index (χ4v) is 1.65. The van der Waals surface area contributed by atoms with E-state index in [9.17, 15) is 5.11 Å². The number of rotatable bonds is 4. The minimum Gasteiger partial charge on any atom is -0.392 e. The molecule has 1 aromatic rings. The van der Waals surface area contributed by atoms with Gasteiger partial charge in [-0.05, 0) is 40.2 Å². The summed E-state index contributed by atoms with van der Waals surface area (Å²) in [6, 6.07) is 6.53. The second-order valence-corrected chi connectivity index (χ2v) is 5.25. The smallest absolute Gasteiger partial charge is 0.0688 e. The third-order valence-corrected chi connectivity index (χ3v) is 3.07. The predicted octanol–water partition coefficient (Wildman–Crippen LogP) is 2.55. The molecule has 0 amide bonds. The molecule has 2 nitrogen and oxygen atoms in total. The highest BCUT2D eigenvalue weighted by Gasteiger charge is 2.22. The first-order chi connectivity index (χ1) is 7.31. The summed E-state index contributed by atoms with van der Waals surface area (Å²) < 4.78 is 0. The van der Waals surface area contributed by atoms with Crippen LogP contribution in [0.1, 0.15) is 37.5 Å². The molecule has 0 aliphatic rings. The summed E-state index contributed by atoms with van der Waals surface area (Å²) in [5.41, 5.74) is 3.59. The maximum Gasteiger partial charge on any atom is 0.0688 e. The van der Waals surface area contributed by atoms with Crippen LogP contribution in [0.4, 0.5) is 0 Å². The van der Waals surface area contributed by atoms with E-state index in [1.165, 1.54) is 16.7 Å². The summed E-state index contributed by atoms with van der Waals surface area (Å²) in [5, 5.41) is 13.0. The lowest BCUT2D eigenvalue weighted by Gasteiger charge is -2.29. The van der Waals surface area contributed by atoms with Crippen molar-refractivity contribution in [2.24, 2.45) is 0 Å². The first-order valence-electron chi connectivity index (χ1n) is 5.81. The van der Waals surface area contributed by atoms with E-state index in [2.05, 4.69) is 37.4 Å². The molecule has 0 fully saturated rings. The molecule has 0 aromatic heterocycles. The second-order valence-electron chi connectivity index (χ2n) is 5.25. The molecule has 0 aliphatic heterocycles. The Morgan fingerprint density at radius 1 is 1.19 bits per heavy atom. The number of benzene rings is 1. The first kappa shape index (κ1) is 13.2. The van der Waals surface area contributed by atoms with E-state index < -0.39 is 0 Å². The second kappa shape index (κ2) is 4.98. The fraction of sp³-hybridized carbons (Fsp3) is 0.571. The molecule has 2 heteroatoms. The van der Waals surface area contributed by atoms with E-state index >= 15 is 0 Å². The summed E-state index contributed by atoms with van der Waals surface area (Å²) in [5.74, 6) is 0. The molecule has 0 bridgehead atoms. The predicted molar refractivity (Wildman–Crippen MR) is 68.5 cm³/mol. The largest absolute Gasteiger partial charge is 0.392 e. The highest BCUT2D eigenvalue weighted by molar-refractivity contribution is 5.28. The van der Waals surface area contributed by atoms with Crippen LogP contribution < -0.4 is 5.32 Å². The zero-order valence-electron chi connectivity index (χ0n) is 11.0. The third-order valence-electron chi connectivity index (χ3n) is 3.07. The van der Waals surface area contributed by atoms with Gasteiger partial charge in [0.15, 0.2) is 0 Å². The third kappa shape index (κ3) is 3.62. The lowest BCUT2D eigenvalue weighted by atomic mass is 9.98. The summed E-state index contributed by atoms with van der Waals surface area (Å²) >= 11 is 0. The summed E-state index contributed by atoms with van der Waals surface area (Å²) in [4.78, 5) is 0. The molecule has 1 rings (SSSR count). The average Bonchev–Trinajstić information content (AvgIpc) is 2.13. The average molecular weight is 221 g/mol. The quantitative estimate of drug-likeness (QED) is 0.819. The van der Waals surface area contributed by atoms with Crippen molar-refractivity contribution in [1.82, 2.24) is 5.32 Å². The molecule has 0 radical (unpaired) electrons. The molecule has 0 heterocycles. The Morgan fingerprint density at radius 3 is 2.12 bits per heavy atom. The van der Waals surface area contributed by atoms with Crippen molar-refractivity contribution in [3.05, 3.63) is 34.9 Å². The Hall–Kier alpha value is -0.860. The molecular weight excluding hydrogens is 198 g/mol. The van der Waals surface area contributed by atoms with Crippen molar-refractivity contribution in [2.45, 2.75) is 52.8 Å². The molecule has 1 atom stereocenters. The number of nitrogens with one attached hydrogen (secondary N) is 1. The van der Waals surface area contributed by atoms with Crippen LogP contribution in [0, 0.1) is 13.8 Å². The van der Waals surface area contributed by atoms with Crippen LogP contribution >= 0.6 is 0 Å². The van der Waals surface area contributed by atoms with Crippen LogP contribution in [0.2, 0.25) is 0 Å². The van der Waals surface area contributed by atoms with Gasteiger partial charge in [0.1, 0.15) is 0 Å². The highest BCUT2D eigenvalue weighted by Crippen LogP contribution is 2.12. The fourth-order valence-electron chi connectivity index (χ4n) is 1.65. The van der Waals surface area contributed by atoms with Crippen molar-refractivity contribution in [1.29, 1.82) is 0 Å². The summed E-state index contributed by atoms with van der Waals surface area (Å²) in [7, 11) is 0. The van der Waals surface area contributed by atoms with Crippen molar-refractivity contribution < 1.29 is 5.11 Å². The van der Waals surface area contributed by atoms with Crippen LogP contribution in [0.3, 0.4) is 0 Å². The molecule has 90 valence electrons. The maximum atomic E-state index is 9.60. The SMILES string of the molecule is Cc1cc(C)cc(CNC(C)(C)C(C)O)c1. The lowest BCUT2D eigenvalue weighted by Crippen LogP contribution is -2.47. The minimum atomic E-state index is -0.363. The molecule has 1 unspecified atom stereocenters. The van der Waals surface area contributed by atoms with Gasteiger partial charge in [0.25, 0.3) is 0 Å². The van der Waals surface area contributed by atoms with Crippen LogP contribution in [0.5, 0.6) is 0 Å². The Bertz CT molecular complexity index is 336. The summed E-state index contributed by atoms with van der Waals surface area (Å²) in [6.45, 7) is 10.8. The van der Waals surface area contributed by atoms with Gasteiger partial charge in [-0.3, -0.25) is 0 Å². The monoisotopic (exact) mass is 221 g/mol. The van der Waals surface area contributed by atoms with Gasteiger partial charge in [0.05, 0.1) is 6.10 Å². The Balaban J connectivity index is 2.68. The van der Waals surface area contributed by atoms with E-state index in [1.807, 2.05) is 20.8 Å². The molecule has 0 saturated carbocycles. The van der Waals surface area contributed by atoms with Gasteiger partial charge in [-0.2, -0.15) is 0 Å². The van der Waals surface area contributed by atoms with Crippen LogP contribution in [0.15, 0.2) is 18.2 Å². The molecular formula is C14H23NO. The molecule has 0 aliphatic carbocycles. The van der Waals surface area contributed by atoms with Crippen LogP contribution in [0.25, 0.3) is 0 Å². The molecule has 0 saturated heterocycles. The normalized spacial score (nSPS) is 13.9. The van der Waals surface area contributed by atoms with Crippen LogP contribution in [-0.4, -0.2) is 16.7 Å². The van der Waals surface area contributed by atoms with Crippen molar-refractivity contribution in [3.63, 3.8) is 0 Å². The molecule has 0 spiro atoms. The van der Waals surface area contributed by atoms with E-state index in [1.54, 1.807) is 0 Å². The van der Waals surface area contributed by atoms with E-state index in [4.69, 9.17) is 0 Å². The van der Waals surface area contributed by atoms with Gasteiger partial charge in [0, 0.05) is 12.1 Å². The zero-order chi connectivity index (χ0) is 12.3. The van der Waals surface area contributed by atoms with Gasteiger partial charge in [-0.15, -0.1) is 0 Å². The number of hydrogen-bond donors (Lipinski definition) is 2. The number of aliphatic hydroxyl groups excluding tert-OH is 1. The Morgan fingerprint density at radius 2 is 1.69 bits per heavy atom. The van der Waals surface area contributed by atoms with Gasteiger partial charge < -0.3 is 10.4 Å². The van der Waals surface area contributed by atoms with Gasteiger partial charge in [0.2, 0.25) is 0 Å². The minimum absolute atomic E-state index is 0.252. The number of aryl methyl sites for hydroxylation is 2. The lowest BCUT2D eigenvalue weighted by molar-refractivity contribution is 0.0956. The number of aliphatic hydroxyl groups is 1. The maximum absolute atomic E-state index is 9.60. The standard InChI is InChI=1S/C14H23NO/c1-10-6-11(2)8-13(7-10)9-15-14(4,5)12(3)16/h6-8,12,15-16H,9H2,1-5H3. The Kier molecular flexibility index (Phi) is 4.11. The molecule has 2 N–H and O–H groups in total. The zero-order valence-corrected chi connectivity index (χ0v) is 11.0. The molecule has 16 heavy (non-hydrogen) atoms. The first-order valence-corrected chi connectivity index (χ1v) is 5.81. The van der Waals surface area contributed by atoms with Crippen molar-refractivity contribution in [2.75, 3.05) is 0 Å². The van der Waals surface area contributed by atoms with Crippen LogP contribution in [-0.2, 0) is 6.54 Å². The summed E-state index contributed by atoms with van der Waals surface area (Å²) in [6.07, 6.45) is -0.363. The van der Waals surface area contributed by atoms with Crippen molar-refractivity contribution >= 4 is 0 Å². The van der Waals surface area contributed by atoms with E-state index in [-0.39, 0.29) is 11.6 Å². The highest BCUT2D eigenvalue weighted by atomic mass is 16.3. The van der Waals surface area contributed by atoms with Crippen molar-refractivity contribution in [3.8, 4) is 0 Å². The van der Waals surface area contributed by atoms with Gasteiger partial charge >= 0.3 is 0 Å². The topological polar surface area (TPSA) is 32.3 Å². The Labute approximate surface area is 98.7 Å². The molecule has 1 aromatic carbocycles. The van der Waals surface area contributed by atoms with E-state index in [0.717, 1.165) is 6.54 Å².